The zero-order valence-corrected chi connectivity index (χ0v) is 7.72. The first-order chi connectivity index (χ1) is 5.79. The van der Waals surface area contributed by atoms with Gasteiger partial charge in [-0.2, -0.15) is 0 Å². The second-order valence-corrected chi connectivity index (χ2v) is 3.60. The van der Waals surface area contributed by atoms with E-state index in [0.29, 0.717) is 6.04 Å². The molecule has 0 spiro atoms. The molecule has 1 N–H and O–H groups in total. The van der Waals surface area contributed by atoms with Crippen LogP contribution < -0.4 is 5.32 Å². The Morgan fingerprint density at radius 1 is 1.25 bits per heavy atom. The third-order valence-electron chi connectivity index (χ3n) is 2.71. The Morgan fingerprint density at radius 3 is 2.25 bits per heavy atom. The van der Waals surface area contributed by atoms with Gasteiger partial charge in [0.1, 0.15) is 0 Å². The zero-order chi connectivity index (χ0) is 8.55. The molecule has 2 rings (SSSR count). The molecule has 0 amide bonds. The molecule has 1 aliphatic heterocycles. The average Bonchev–Trinajstić information content (AvgIpc) is 1.93. The third-order valence-corrected chi connectivity index (χ3v) is 2.71. The highest BCUT2D eigenvalue weighted by atomic mass is 15.0. The van der Waals surface area contributed by atoms with Crippen LogP contribution in [0.3, 0.4) is 0 Å². The van der Waals surface area contributed by atoms with Crippen molar-refractivity contribution < 1.29 is 0 Å². The Bertz CT molecular complexity index is 267. The van der Waals surface area contributed by atoms with Crippen LogP contribution in [0.4, 0.5) is 0 Å². The number of nitrogens with one attached hydrogen (secondary N) is 1. The summed E-state index contributed by atoms with van der Waals surface area (Å²) in [5, 5.41) is 3.44. The fourth-order valence-electron chi connectivity index (χ4n) is 1.91. The van der Waals surface area contributed by atoms with E-state index in [1.54, 1.807) is 0 Å². The monoisotopic (exact) mass is 161 g/mol. The molecule has 64 valence electrons. The Morgan fingerprint density at radius 2 is 1.83 bits per heavy atom. The van der Waals surface area contributed by atoms with E-state index in [1.165, 1.54) is 29.7 Å². The maximum absolute atomic E-state index is 3.44. The van der Waals surface area contributed by atoms with E-state index in [4.69, 9.17) is 0 Å². The Balaban J connectivity index is 2.39. The average molecular weight is 161 g/mol. The maximum atomic E-state index is 3.44. The van der Waals surface area contributed by atoms with E-state index >= 15 is 0 Å². The summed E-state index contributed by atoms with van der Waals surface area (Å²) >= 11 is 0. The SMILES string of the molecule is Cc1cccc(C)c1[C@H]1CCN1. The number of benzene rings is 1. The van der Waals surface area contributed by atoms with Gasteiger partial charge in [0.15, 0.2) is 0 Å². The highest BCUT2D eigenvalue weighted by Crippen LogP contribution is 2.28. The predicted molar refractivity (Wildman–Crippen MR) is 51.3 cm³/mol. The van der Waals surface area contributed by atoms with Gasteiger partial charge in [0, 0.05) is 6.04 Å². The molecule has 1 aromatic carbocycles. The number of hydrogen-bond acceptors (Lipinski definition) is 1. The summed E-state index contributed by atoms with van der Waals surface area (Å²) in [6, 6.07) is 7.16. The molecule has 0 saturated carbocycles. The zero-order valence-electron chi connectivity index (χ0n) is 7.72. The molecule has 1 heteroatoms. The summed E-state index contributed by atoms with van der Waals surface area (Å²) in [7, 11) is 0. The van der Waals surface area contributed by atoms with E-state index < -0.39 is 0 Å². The van der Waals surface area contributed by atoms with Crippen LogP contribution in [0.5, 0.6) is 0 Å². The molecular weight excluding hydrogens is 146 g/mol. The van der Waals surface area contributed by atoms with Crippen molar-refractivity contribution in [3.63, 3.8) is 0 Å². The summed E-state index contributed by atoms with van der Waals surface area (Å²) in [6.45, 7) is 5.57. The number of aryl methyl sites for hydroxylation is 2. The quantitative estimate of drug-likeness (QED) is 0.666. The second kappa shape index (κ2) is 2.91. The fraction of sp³-hybridized carbons (Fsp3) is 0.455. The van der Waals surface area contributed by atoms with Crippen LogP contribution in [-0.2, 0) is 0 Å². The molecule has 0 radical (unpaired) electrons. The van der Waals surface area contributed by atoms with Crippen LogP contribution in [0.15, 0.2) is 18.2 Å². The lowest BCUT2D eigenvalue weighted by Gasteiger charge is -2.30. The van der Waals surface area contributed by atoms with Crippen LogP contribution in [0.2, 0.25) is 0 Å². The van der Waals surface area contributed by atoms with Crippen molar-refractivity contribution in [3.8, 4) is 0 Å². The molecule has 1 aromatic rings. The standard InChI is InChI=1S/C11H15N/c1-8-4-3-5-9(2)11(8)10-6-7-12-10/h3-5,10,12H,6-7H2,1-2H3/t10-/m1/s1. The van der Waals surface area contributed by atoms with Gasteiger partial charge in [0.2, 0.25) is 0 Å². The Kier molecular flexibility index (Phi) is 1.89. The van der Waals surface area contributed by atoms with Crippen LogP contribution in [0, 0.1) is 13.8 Å². The lowest BCUT2D eigenvalue weighted by molar-refractivity contribution is 0.380. The molecule has 0 bridgehead atoms. The summed E-state index contributed by atoms with van der Waals surface area (Å²) in [6.07, 6.45) is 1.30. The number of hydrogen-bond donors (Lipinski definition) is 1. The molecule has 1 saturated heterocycles. The van der Waals surface area contributed by atoms with Crippen LogP contribution in [0.1, 0.15) is 29.2 Å². The van der Waals surface area contributed by atoms with Crippen LogP contribution >= 0.6 is 0 Å². The fourth-order valence-corrected chi connectivity index (χ4v) is 1.91. The lowest BCUT2D eigenvalue weighted by atomic mass is 9.90. The van der Waals surface area contributed by atoms with E-state index in [0.717, 1.165) is 0 Å². The van der Waals surface area contributed by atoms with E-state index in [1.807, 2.05) is 0 Å². The molecule has 0 unspecified atom stereocenters. The first-order valence-corrected chi connectivity index (χ1v) is 4.58. The van der Waals surface area contributed by atoms with E-state index in [9.17, 15) is 0 Å². The second-order valence-electron chi connectivity index (χ2n) is 3.60. The summed E-state index contributed by atoms with van der Waals surface area (Å²) in [5.41, 5.74) is 4.36. The van der Waals surface area contributed by atoms with Gasteiger partial charge in [-0.3, -0.25) is 0 Å². The summed E-state index contributed by atoms with van der Waals surface area (Å²) in [4.78, 5) is 0. The minimum atomic E-state index is 0.631. The summed E-state index contributed by atoms with van der Waals surface area (Å²) < 4.78 is 0. The lowest BCUT2D eigenvalue weighted by Crippen LogP contribution is -2.35. The molecule has 1 atom stereocenters. The van der Waals surface area contributed by atoms with Gasteiger partial charge < -0.3 is 5.32 Å². The van der Waals surface area contributed by atoms with Crippen molar-refractivity contribution in [2.75, 3.05) is 6.54 Å². The van der Waals surface area contributed by atoms with Gasteiger partial charge in [-0.1, -0.05) is 18.2 Å². The normalized spacial score (nSPS) is 22.0. The van der Waals surface area contributed by atoms with Crippen molar-refractivity contribution in [2.45, 2.75) is 26.3 Å². The molecule has 1 aliphatic rings. The van der Waals surface area contributed by atoms with Gasteiger partial charge in [-0.15, -0.1) is 0 Å². The predicted octanol–water partition coefficient (Wildman–Crippen LogP) is 2.34. The van der Waals surface area contributed by atoms with Gasteiger partial charge in [0.25, 0.3) is 0 Å². The van der Waals surface area contributed by atoms with Gasteiger partial charge in [-0.25, -0.2) is 0 Å². The maximum Gasteiger partial charge on any atom is 0.0337 e. The van der Waals surface area contributed by atoms with Gasteiger partial charge in [-0.05, 0) is 43.5 Å². The minimum Gasteiger partial charge on any atom is -0.310 e. The largest absolute Gasteiger partial charge is 0.310 e. The third kappa shape index (κ3) is 1.14. The van der Waals surface area contributed by atoms with Crippen molar-refractivity contribution in [1.82, 2.24) is 5.32 Å². The topological polar surface area (TPSA) is 12.0 Å². The smallest absolute Gasteiger partial charge is 0.0337 e. The van der Waals surface area contributed by atoms with Crippen LogP contribution in [-0.4, -0.2) is 6.54 Å². The van der Waals surface area contributed by atoms with Crippen LogP contribution in [0.25, 0.3) is 0 Å². The first-order valence-electron chi connectivity index (χ1n) is 4.58. The van der Waals surface area contributed by atoms with E-state index in [2.05, 4.69) is 37.4 Å². The molecule has 1 nitrogen and oxygen atoms in total. The van der Waals surface area contributed by atoms with Gasteiger partial charge in [0.05, 0.1) is 0 Å². The van der Waals surface area contributed by atoms with E-state index in [-0.39, 0.29) is 0 Å². The molecule has 12 heavy (non-hydrogen) atoms. The highest BCUT2D eigenvalue weighted by Gasteiger charge is 2.21. The van der Waals surface area contributed by atoms with Gasteiger partial charge >= 0.3 is 0 Å². The molecule has 0 aliphatic carbocycles. The first kappa shape index (κ1) is 7.81. The molecule has 0 aromatic heterocycles. The highest BCUT2D eigenvalue weighted by molar-refractivity contribution is 5.37. The molecule has 1 heterocycles. The van der Waals surface area contributed by atoms with Crippen molar-refractivity contribution in [3.05, 3.63) is 34.9 Å². The Labute approximate surface area is 73.8 Å². The number of rotatable bonds is 1. The molecular formula is C11H15N. The van der Waals surface area contributed by atoms with Crippen molar-refractivity contribution >= 4 is 0 Å². The van der Waals surface area contributed by atoms with Crippen molar-refractivity contribution in [1.29, 1.82) is 0 Å². The Hall–Kier alpha value is -0.820. The molecule has 1 fully saturated rings. The summed E-state index contributed by atoms with van der Waals surface area (Å²) in [5.74, 6) is 0. The van der Waals surface area contributed by atoms with Crippen molar-refractivity contribution in [2.24, 2.45) is 0 Å². The minimum absolute atomic E-state index is 0.631.